The zero-order valence-corrected chi connectivity index (χ0v) is 13.3. The average molecular weight is 300 g/mol. The Bertz CT molecular complexity index is 663. The Balaban J connectivity index is 1.86. The molecule has 2 aromatic rings. The molecule has 1 saturated carbocycles. The predicted octanol–water partition coefficient (Wildman–Crippen LogP) is 4.09. The average Bonchev–Trinajstić information content (AvgIpc) is 2.93. The van der Waals surface area contributed by atoms with E-state index in [1.54, 1.807) is 11.8 Å². The summed E-state index contributed by atoms with van der Waals surface area (Å²) in [5.74, 6) is 0.376. The predicted molar refractivity (Wildman–Crippen MR) is 86.2 cm³/mol. The van der Waals surface area contributed by atoms with E-state index in [0.29, 0.717) is 5.78 Å². The third kappa shape index (κ3) is 3.05. The maximum Gasteiger partial charge on any atom is 0.173 e. The van der Waals surface area contributed by atoms with Gasteiger partial charge in [0.05, 0.1) is 5.25 Å². The van der Waals surface area contributed by atoms with Gasteiger partial charge in [0.2, 0.25) is 0 Å². The summed E-state index contributed by atoms with van der Waals surface area (Å²) in [6.07, 6.45) is 7.67. The second-order valence-electron chi connectivity index (χ2n) is 5.67. The van der Waals surface area contributed by atoms with Gasteiger partial charge in [0.1, 0.15) is 5.78 Å². The third-order valence-corrected chi connectivity index (χ3v) is 5.42. The van der Waals surface area contributed by atoms with Crippen molar-refractivity contribution in [3.63, 3.8) is 0 Å². The number of nitrogens with zero attached hydrogens (tertiary/aromatic N) is 2. The number of carbonyl (C=O) groups is 1. The first-order chi connectivity index (χ1) is 10.1. The number of ketones is 1. The lowest BCUT2D eigenvalue weighted by molar-refractivity contribution is -0.119. The van der Waals surface area contributed by atoms with Gasteiger partial charge in [-0.15, -0.1) is 0 Å². The van der Waals surface area contributed by atoms with Crippen LogP contribution in [0.3, 0.4) is 0 Å². The molecule has 4 heteroatoms. The highest BCUT2D eigenvalue weighted by Gasteiger charge is 2.25. The molecule has 0 aliphatic heterocycles. The van der Waals surface area contributed by atoms with Gasteiger partial charge in [-0.25, -0.2) is 4.98 Å². The molecule has 1 unspecified atom stereocenters. The topological polar surface area (TPSA) is 34.9 Å². The first-order valence-corrected chi connectivity index (χ1v) is 8.33. The van der Waals surface area contributed by atoms with Crippen molar-refractivity contribution >= 4 is 17.5 Å². The molecule has 3 nitrogen and oxygen atoms in total. The van der Waals surface area contributed by atoms with Crippen LogP contribution in [0.25, 0.3) is 5.69 Å². The molecule has 1 aliphatic rings. The van der Waals surface area contributed by atoms with E-state index in [9.17, 15) is 4.79 Å². The summed E-state index contributed by atoms with van der Waals surface area (Å²) in [5.41, 5.74) is 3.67. The van der Waals surface area contributed by atoms with Gasteiger partial charge in [-0.05, 0) is 49.9 Å². The maximum absolute atomic E-state index is 12.0. The van der Waals surface area contributed by atoms with Gasteiger partial charge < -0.3 is 0 Å². The summed E-state index contributed by atoms with van der Waals surface area (Å²) in [6, 6.07) is 6.41. The minimum Gasteiger partial charge on any atom is -0.298 e. The number of rotatable bonds is 3. The van der Waals surface area contributed by atoms with E-state index in [0.717, 1.165) is 36.5 Å². The molecule has 110 valence electrons. The molecule has 3 rings (SSSR count). The molecule has 21 heavy (non-hydrogen) atoms. The summed E-state index contributed by atoms with van der Waals surface area (Å²) < 4.78 is 2.08. The molecule has 0 bridgehead atoms. The Morgan fingerprint density at radius 3 is 2.86 bits per heavy atom. The molecule has 0 radical (unpaired) electrons. The van der Waals surface area contributed by atoms with E-state index >= 15 is 0 Å². The van der Waals surface area contributed by atoms with Crippen molar-refractivity contribution in [1.82, 2.24) is 9.55 Å². The van der Waals surface area contributed by atoms with Crippen molar-refractivity contribution in [2.24, 2.45) is 0 Å². The van der Waals surface area contributed by atoms with Gasteiger partial charge in [0.25, 0.3) is 0 Å². The van der Waals surface area contributed by atoms with Crippen LogP contribution in [0.5, 0.6) is 0 Å². The summed E-state index contributed by atoms with van der Waals surface area (Å²) in [7, 11) is 0. The normalized spacial score (nSPS) is 19.0. The number of hydrogen-bond acceptors (Lipinski definition) is 3. The van der Waals surface area contributed by atoms with Gasteiger partial charge in [0.15, 0.2) is 5.16 Å². The maximum atomic E-state index is 12.0. The van der Waals surface area contributed by atoms with Gasteiger partial charge in [-0.2, -0.15) is 0 Å². The quantitative estimate of drug-likeness (QED) is 0.856. The lowest BCUT2D eigenvalue weighted by atomic mass is 9.99. The summed E-state index contributed by atoms with van der Waals surface area (Å²) >= 11 is 1.61. The van der Waals surface area contributed by atoms with Gasteiger partial charge >= 0.3 is 0 Å². The number of Topliss-reactive ketones (excluding diaryl/α,β-unsaturated/α-hetero) is 1. The Morgan fingerprint density at radius 1 is 1.24 bits per heavy atom. The molecule has 1 heterocycles. The van der Waals surface area contributed by atoms with Crippen molar-refractivity contribution < 1.29 is 4.79 Å². The molecule has 1 atom stereocenters. The lowest BCUT2D eigenvalue weighted by Crippen LogP contribution is -2.21. The van der Waals surface area contributed by atoms with Gasteiger partial charge in [-0.1, -0.05) is 24.2 Å². The SMILES string of the molecule is Cc1ccc(-n2ccnc2SC2CCCCC2=O)cc1C. The zero-order valence-electron chi connectivity index (χ0n) is 12.5. The van der Waals surface area contributed by atoms with Crippen LogP contribution in [0.2, 0.25) is 0 Å². The van der Waals surface area contributed by atoms with Crippen LogP contribution >= 0.6 is 11.8 Å². The minimum atomic E-state index is 0.0754. The molecule has 0 N–H and O–H groups in total. The van der Waals surface area contributed by atoms with E-state index in [2.05, 4.69) is 41.6 Å². The van der Waals surface area contributed by atoms with Crippen molar-refractivity contribution in [1.29, 1.82) is 0 Å². The van der Waals surface area contributed by atoms with Crippen LogP contribution in [0, 0.1) is 13.8 Å². The number of carbonyl (C=O) groups excluding carboxylic acids is 1. The van der Waals surface area contributed by atoms with E-state index < -0.39 is 0 Å². The molecule has 0 spiro atoms. The largest absolute Gasteiger partial charge is 0.298 e. The van der Waals surface area contributed by atoms with E-state index in [-0.39, 0.29) is 5.25 Å². The second kappa shape index (κ2) is 6.06. The van der Waals surface area contributed by atoms with Crippen molar-refractivity contribution in [2.75, 3.05) is 0 Å². The smallest absolute Gasteiger partial charge is 0.173 e. The highest BCUT2D eigenvalue weighted by molar-refractivity contribution is 8.00. The molecular formula is C17H20N2OS. The lowest BCUT2D eigenvalue weighted by Gasteiger charge is -2.20. The van der Waals surface area contributed by atoms with Crippen LogP contribution in [0.15, 0.2) is 35.7 Å². The number of imidazole rings is 1. The standard InChI is InChI=1S/C17H20N2OS/c1-12-7-8-14(11-13(12)2)19-10-9-18-17(19)21-16-6-4-3-5-15(16)20/h7-11,16H,3-6H2,1-2H3. The van der Waals surface area contributed by atoms with Crippen molar-refractivity contribution in [3.05, 3.63) is 41.7 Å². The van der Waals surface area contributed by atoms with Crippen LogP contribution < -0.4 is 0 Å². The van der Waals surface area contributed by atoms with Crippen molar-refractivity contribution in [3.8, 4) is 5.69 Å². The third-order valence-electron chi connectivity index (χ3n) is 4.12. The Labute approximate surface area is 129 Å². The van der Waals surface area contributed by atoms with E-state index in [1.165, 1.54) is 11.1 Å². The fourth-order valence-corrected chi connectivity index (χ4v) is 3.84. The van der Waals surface area contributed by atoms with Crippen LogP contribution in [0.1, 0.15) is 36.8 Å². The number of hydrogen-bond donors (Lipinski definition) is 0. The van der Waals surface area contributed by atoms with E-state index in [4.69, 9.17) is 0 Å². The fraction of sp³-hybridized carbons (Fsp3) is 0.412. The van der Waals surface area contributed by atoms with Crippen LogP contribution in [-0.4, -0.2) is 20.6 Å². The number of aromatic nitrogens is 2. The highest BCUT2D eigenvalue weighted by atomic mass is 32.2. The number of aryl methyl sites for hydroxylation is 2. The summed E-state index contributed by atoms with van der Waals surface area (Å²) in [5, 5.41) is 0.991. The summed E-state index contributed by atoms with van der Waals surface area (Å²) in [4.78, 5) is 16.5. The van der Waals surface area contributed by atoms with Gasteiger partial charge in [-0.3, -0.25) is 9.36 Å². The zero-order chi connectivity index (χ0) is 14.8. The first kappa shape index (κ1) is 14.4. The van der Waals surface area contributed by atoms with E-state index in [1.807, 2.05) is 12.4 Å². The molecule has 1 aromatic carbocycles. The van der Waals surface area contributed by atoms with Crippen LogP contribution in [0.4, 0.5) is 0 Å². The molecule has 1 aromatic heterocycles. The number of thioether (sulfide) groups is 1. The Hall–Kier alpha value is -1.55. The van der Waals surface area contributed by atoms with Gasteiger partial charge in [0, 0.05) is 24.5 Å². The molecule has 0 amide bonds. The first-order valence-electron chi connectivity index (χ1n) is 7.45. The Kier molecular flexibility index (Phi) is 4.15. The monoisotopic (exact) mass is 300 g/mol. The fourth-order valence-electron chi connectivity index (χ4n) is 2.65. The Morgan fingerprint density at radius 2 is 2.10 bits per heavy atom. The highest BCUT2D eigenvalue weighted by Crippen LogP contribution is 2.32. The molecule has 0 saturated heterocycles. The molecular weight excluding hydrogens is 280 g/mol. The summed E-state index contributed by atoms with van der Waals surface area (Å²) in [6.45, 7) is 4.23. The van der Waals surface area contributed by atoms with Crippen LogP contribution in [-0.2, 0) is 4.79 Å². The second-order valence-corrected chi connectivity index (χ2v) is 6.84. The molecule has 1 fully saturated rings. The van der Waals surface area contributed by atoms with Crippen molar-refractivity contribution in [2.45, 2.75) is 49.9 Å². The number of benzene rings is 1. The molecule has 1 aliphatic carbocycles. The minimum absolute atomic E-state index is 0.0754.